The predicted octanol–water partition coefficient (Wildman–Crippen LogP) is 0.642. The van der Waals surface area contributed by atoms with Gasteiger partial charge in [0, 0.05) is 13.0 Å². The Bertz CT molecular complexity index is 1090. The molecule has 0 spiro atoms. The van der Waals surface area contributed by atoms with Crippen LogP contribution in [0.2, 0.25) is 0 Å². The number of ketones is 1. The van der Waals surface area contributed by atoms with E-state index in [1.165, 1.54) is 12.6 Å². The highest BCUT2D eigenvalue weighted by Crippen LogP contribution is 2.35. The molecular weight excluding hydrogens is 534 g/mol. The third-order valence-corrected chi connectivity index (χ3v) is 9.71. The van der Waals surface area contributed by atoms with E-state index in [0.717, 1.165) is 25.7 Å². The van der Waals surface area contributed by atoms with Crippen molar-refractivity contribution in [2.24, 2.45) is 11.7 Å². The number of hydrogen-bond donors (Lipinski definition) is 4. The van der Waals surface area contributed by atoms with Crippen LogP contribution in [-0.2, 0) is 24.8 Å². The molecule has 1 saturated carbocycles. The minimum Gasteiger partial charge on any atom is -0.384 e. The lowest BCUT2D eigenvalue weighted by atomic mass is 9.84. The zero-order valence-corrected chi connectivity index (χ0v) is 24.5. The molecule has 4 rings (SSSR count). The maximum atomic E-state index is 14.0. The van der Waals surface area contributed by atoms with Gasteiger partial charge in [0.1, 0.15) is 17.2 Å². The van der Waals surface area contributed by atoms with Gasteiger partial charge in [0.25, 0.3) is 5.91 Å². The summed E-state index contributed by atoms with van der Waals surface area (Å²) in [6, 6.07) is -1.78. The number of aromatic nitrogens is 3. The summed E-state index contributed by atoms with van der Waals surface area (Å²) in [5.74, 6) is -0.915. The largest absolute Gasteiger partial charge is 0.384 e. The number of amides is 3. The lowest BCUT2D eigenvalue weighted by Crippen LogP contribution is -2.63. The zero-order valence-electron chi connectivity index (χ0n) is 23.7. The summed E-state index contributed by atoms with van der Waals surface area (Å²) in [6.07, 6.45) is 8.69. The van der Waals surface area contributed by atoms with Crippen LogP contribution in [0.15, 0.2) is 6.20 Å². The van der Waals surface area contributed by atoms with E-state index < -0.39 is 46.9 Å². The number of primary amides is 1. The number of nitrogens with one attached hydrogen (secondary N) is 2. The highest BCUT2D eigenvalue weighted by molar-refractivity contribution is 7.99. The Balaban J connectivity index is 1.62. The maximum Gasteiger partial charge on any atom is 0.287 e. The second-order valence-corrected chi connectivity index (χ2v) is 13.2. The fourth-order valence-corrected chi connectivity index (χ4v) is 7.61. The molecule has 2 saturated heterocycles. The Morgan fingerprint density at radius 1 is 1.20 bits per heavy atom. The lowest BCUT2D eigenvalue weighted by Gasteiger charge is -2.37. The van der Waals surface area contributed by atoms with Gasteiger partial charge in [0.15, 0.2) is 0 Å². The summed E-state index contributed by atoms with van der Waals surface area (Å²) in [4.78, 5) is 54.4. The SMILES string of the molecule is CN[C@H](CC1CCCCC1)C(=O)N1C[C@@H](n2nncc2C(C)(C)O)C[C@H]1C(=O)NC1(C(=O)C(N)=O)CCSCC1. The maximum absolute atomic E-state index is 14.0. The highest BCUT2D eigenvalue weighted by Gasteiger charge is 2.49. The van der Waals surface area contributed by atoms with E-state index in [2.05, 4.69) is 20.9 Å². The first-order chi connectivity index (χ1) is 19.0. The van der Waals surface area contributed by atoms with Crippen molar-refractivity contribution in [3.05, 3.63) is 11.9 Å². The molecule has 3 heterocycles. The molecule has 0 radical (unpaired) electrons. The van der Waals surface area contributed by atoms with Gasteiger partial charge in [0.2, 0.25) is 17.6 Å². The van der Waals surface area contributed by atoms with Crippen molar-refractivity contribution in [1.29, 1.82) is 0 Å². The number of likely N-dealkylation sites (N-methyl/N-ethyl adjacent to an activating group) is 1. The second kappa shape index (κ2) is 12.6. The summed E-state index contributed by atoms with van der Waals surface area (Å²) in [7, 11) is 1.76. The lowest BCUT2D eigenvalue weighted by molar-refractivity contribution is -0.145. The van der Waals surface area contributed by atoms with E-state index >= 15 is 0 Å². The fourth-order valence-electron chi connectivity index (χ4n) is 6.42. The first-order valence-electron chi connectivity index (χ1n) is 14.3. The molecule has 0 unspecified atom stereocenters. The van der Waals surface area contributed by atoms with Gasteiger partial charge in [-0.3, -0.25) is 19.2 Å². The van der Waals surface area contributed by atoms with Gasteiger partial charge in [-0.05, 0) is 57.6 Å². The van der Waals surface area contributed by atoms with Gasteiger partial charge < -0.3 is 26.4 Å². The summed E-state index contributed by atoms with van der Waals surface area (Å²) in [5.41, 5.74) is 3.25. The normalized spacial score (nSPS) is 24.4. The minimum atomic E-state index is -1.38. The van der Waals surface area contributed by atoms with Crippen LogP contribution in [0.5, 0.6) is 0 Å². The van der Waals surface area contributed by atoms with Crippen LogP contribution in [0.1, 0.15) is 83.4 Å². The number of hydrogen-bond acceptors (Lipinski definition) is 9. The van der Waals surface area contributed by atoms with Crippen LogP contribution in [0, 0.1) is 5.92 Å². The number of aliphatic hydroxyl groups is 1. The Hall–Kier alpha value is -2.51. The van der Waals surface area contributed by atoms with Crippen LogP contribution in [0.4, 0.5) is 0 Å². The number of nitrogens with two attached hydrogens (primary N) is 1. The molecule has 1 aliphatic carbocycles. The Labute approximate surface area is 239 Å². The molecule has 1 aromatic heterocycles. The van der Waals surface area contributed by atoms with Gasteiger partial charge in [-0.25, -0.2) is 4.68 Å². The average Bonchev–Trinajstić information content (AvgIpc) is 3.60. The van der Waals surface area contributed by atoms with E-state index in [1.54, 1.807) is 42.2 Å². The first kappa shape index (κ1) is 30.4. The molecule has 3 fully saturated rings. The van der Waals surface area contributed by atoms with Gasteiger partial charge >= 0.3 is 0 Å². The Kier molecular flexibility index (Phi) is 9.56. The van der Waals surface area contributed by atoms with Crippen LogP contribution >= 0.6 is 11.8 Å². The van der Waals surface area contributed by atoms with Crippen molar-refractivity contribution in [1.82, 2.24) is 30.5 Å². The van der Waals surface area contributed by atoms with Crippen LogP contribution in [0.3, 0.4) is 0 Å². The molecule has 13 heteroatoms. The number of carbonyl (C=O) groups is 4. The number of Topliss-reactive ketones (excluding diaryl/α,β-unsaturated/α-hetero) is 1. The van der Waals surface area contributed by atoms with Gasteiger partial charge in [0.05, 0.1) is 24.0 Å². The molecule has 40 heavy (non-hydrogen) atoms. The third kappa shape index (κ3) is 6.52. The smallest absolute Gasteiger partial charge is 0.287 e. The van der Waals surface area contributed by atoms with Crippen LogP contribution < -0.4 is 16.4 Å². The molecule has 1 aromatic rings. The molecule has 5 N–H and O–H groups in total. The molecule has 3 amide bonds. The van der Waals surface area contributed by atoms with Crippen molar-refractivity contribution >= 4 is 35.3 Å². The third-order valence-electron chi connectivity index (χ3n) is 8.72. The summed E-state index contributed by atoms with van der Waals surface area (Å²) in [6.45, 7) is 3.45. The van der Waals surface area contributed by atoms with E-state index in [-0.39, 0.29) is 18.9 Å². The molecule has 0 bridgehead atoms. The van der Waals surface area contributed by atoms with E-state index in [0.29, 0.717) is 42.4 Å². The van der Waals surface area contributed by atoms with Gasteiger partial charge in [-0.2, -0.15) is 11.8 Å². The molecular formula is C27H43N7O5S. The number of rotatable bonds is 10. The molecule has 0 aromatic carbocycles. The molecule has 222 valence electrons. The van der Waals surface area contributed by atoms with E-state index in [9.17, 15) is 24.3 Å². The van der Waals surface area contributed by atoms with Gasteiger partial charge in [-0.1, -0.05) is 37.3 Å². The topological polar surface area (TPSA) is 173 Å². The van der Waals surface area contributed by atoms with Crippen molar-refractivity contribution in [2.45, 2.75) is 101 Å². The second-order valence-electron chi connectivity index (χ2n) is 12.0. The van der Waals surface area contributed by atoms with Crippen LogP contribution in [-0.4, -0.2) is 91.2 Å². The van der Waals surface area contributed by atoms with Crippen LogP contribution in [0.25, 0.3) is 0 Å². The number of carbonyl (C=O) groups excluding carboxylic acids is 4. The predicted molar refractivity (Wildman–Crippen MR) is 150 cm³/mol. The number of nitrogens with zero attached hydrogens (tertiary/aromatic N) is 4. The average molecular weight is 578 g/mol. The quantitative estimate of drug-likeness (QED) is 0.291. The first-order valence-corrected chi connectivity index (χ1v) is 15.5. The molecule has 3 atom stereocenters. The van der Waals surface area contributed by atoms with Crippen molar-refractivity contribution < 1.29 is 24.3 Å². The standard InChI is InChI=1S/C27H43N7O5S/c1-26(2,39)21-15-30-32-34(21)18-14-20(24(37)31-27(22(35)23(28)36)9-11-40-12-10-27)33(16-18)25(38)19(29-3)13-17-7-5-4-6-8-17/h15,17-20,29,39H,4-14,16H2,1-3H3,(H2,28,36)(H,31,37)/t18-,19+,20-/m0/s1. The molecule has 3 aliphatic rings. The number of likely N-dealkylation sites (tertiary alicyclic amines) is 1. The monoisotopic (exact) mass is 577 g/mol. The van der Waals surface area contributed by atoms with Gasteiger partial charge in [-0.15, -0.1) is 5.10 Å². The van der Waals surface area contributed by atoms with Crippen molar-refractivity contribution in [2.75, 3.05) is 25.1 Å². The summed E-state index contributed by atoms with van der Waals surface area (Å²) < 4.78 is 1.59. The van der Waals surface area contributed by atoms with Crippen molar-refractivity contribution in [3.63, 3.8) is 0 Å². The zero-order chi connectivity index (χ0) is 29.1. The Morgan fingerprint density at radius 2 is 1.88 bits per heavy atom. The van der Waals surface area contributed by atoms with E-state index in [1.807, 2.05) is 0 Å². The number of thioether (sulfide) groups is 1. The summed E-state index contributed by atoms with van der Waals surface area (Å²) >= 11 is 1.65. The Morgan fingerprint density at radius 3 is 2.48 bits per heavy atom. The summed E-state index contributed by atoms with van der Waals surface area (Å²) in [5, 5.41) is 24.9. The minimum absolute atomic E-state index is 0.185. The molecule has 12 nitrogen and oxygen atoms in total. The van der Waals surface area contributed by atoms with Crippen molar-refractivity contribution in [3.8, 4) is 0 Å². The highest BCUT2D eigenvalue weighted by atomic mass is 32.2. The fraction of sp³-hybridized carbons (Fsp3) is 0.778. The molecule has 2 aliphatic heterocycles. The van der Waals surface area contributed by atoms with E-state index in [4.69, 9.17) is 5.73 Å².